The highest BCUT2D eigenvalue weighted by Gasteiger charge is 2.27. The second-order valence-corrected chi connectivity index (χ2v) is 2.92. The summed E-state index contributed by atoms with van der Waals surface area (Å²) >= 11 is 0. The summed E-state index contributed by atoms with van der Waals surface area (Å²) in [5.74, 6) is -0.966. The molecule has 0 aliphatic rings. The van der Waals surface area contributed by atoms with Crippen molar-refractivity contribution in [3.05, 3.63) is 24.0 Å². The minimum atomic E-state index is -4.43. The number of ether oxygens (including phenoxy) is 2. The molecule has 0 spiro atoms. The molecule has 1 rings (SSSR count). The zero-order valence-corrected chi connectivity index (χ0v) is 8.05. The third kappa shape index (κ3) is 4.35. The number of halogens is 4. The SMILES string of the molecule is Nc1ccc(OCOCC(F)(F)F)c(F)c1. The van der Waals surface area contributed by atoms with Crippen molar-refractivity contribution in [2.24, 2.45) is 0 Å². The lowest BCUT2D eigenvalue weighted by Crippen LogP contribution is -2.19. The maximum absolute atomic E-state index is 13.0. The topological polar surface area (TPSA) is 44.5 Å². The van der Waals surface area contributed by atoms with Crippen LogP contribution in [0, 0.1) is 5.82 Å². The fraction of sp³-hybridized carbons (Fsp3) is 0.333. The quantitative estimate of drug-likeness (QED) is 0.379. The molecule has 0 aliphatic carbocycles. The van der Waals surface area contributed by atoms with Gasteiger partial charge in [0.05, 0.1) is 0 Å². The van der Waals surface area contributed by atoms with Crippen LogP contribution in [0.4, 0.5) is 23.2 Å². The Morgan fingerprint density at radius 3 is 2.50 bits per heavy atom. The maximum Gasteiger partial charge on any atom is 0.411 e. The van der Waals surface area contributed by atoms with Crippen molar-refractivity contribution in [1.82, 2.24) is 0 Å². The van der Waals surface area contributed by atoms with Crippen LogP contribution >= 0.6 is 0 Å². The molecule has 1 aromatic carbocycles. The van der Waals surface area contributed by atoms with Crippen molar-refractivity contribution in [3.8, 4) is 5.75 Å². The molecule has 0 atom stereocenters. The van der Waals surface area contributed by atoms with Crippen molar-refractivity contribution in [3.63, 3.8) is 0 Å². The molecule has 0 fully saturated rings. The van der Waals surface area contributed by atoms with Crippen LogP contribution in [0.25, 0.3) is 0 Å². The second kappa shape index (κ2) is 5.02. The average molecular weight is 239 g/mol. The van der Waals surface area contributed by atoms with Gasteiger partial charge in [-0.25, -0.2) is 4.39 Å². The molecule has 0 heterocycles. The molecule has 2 N–H and O–H groups in total. The van der Waals surface area contributed by atoms with Crippen LogP contribution in [0.2, 0.25) is 0 Å². The number of nitrogens with two attached hydrogens (primary N) is 1. The maximum atomic E-state index is 13.0. The molecule has 0 aliphatic heterocycles. The first-order valence-electron chi connectivity index (χ1n) is 4.21. The monoisotopic (exact) mass is 239 g/mol. The van der Waals surface area contributed by atoms with Crippen LogP contribution in [0.5, 0.6) is 5.75 Å². The number of hydrogen-bond donors (Lipinski definition) is 1. The largest absolute Gasteiger partial charge is 0.464 e. The number of hydrogen-bond acceptors (Lipinski definition) is 3. The van der Waals surface area contributed by atoms with Gasteiger partial charge in [0.2, 0.25) is 0 Å². The Kier molecular flexibility index (Phi) is 3.94. The van der Waals surface area contributed by atoms with Crippen LogP contribution in [-0.2, 0) is 4.74 Å². The van der Waals surface area contributed by atoms with E-state index in [1.807, 2.05) is 0 Å². The van der Waals surface area contributed by atoms with Gasteiger partial charge in [0, 0.05) is 11.8 Å². The smallest absolute Gasteiger partial charge is 0.411 e. The third-order valence-corrected chi connectivity index (χ3v) is 1.52. The lowest BCUT2D eigenvalue weighted by atomic mass is 10.3. The summed E-state index contributed by atoms with van der Waals surface area (Å²) in [6, 6.07) is 3.57. The Morgan fingerprint density at radius 1 is 1.25 bits per heavy atom. The standard InChI is InChI=1S/C9H9F4NO2/c10-7-3-6(14)1-2-8(7)16-5-15-4-9(11,12)13/h1-3H,4-5,14H2. The van der Waals surface area contributed by atoms with Crippen molar-refractivity contribution < 1.29 is 27.0 Å². The predicted octanol–water partition coefficient (Wildman–Crippen LogP) is 2.32. The Bertz CT molecular complexity index is 354. The predicted molar refractivity (Wildman–Crippen MR) is 48.3 cm³/mol. The minimum absolute atomic E-state index is 0.195. The molecule has 90 valence electrons. The molecule has 0 saturated heterocycles. The Hall–Kier alpha value is -1.50. The molecular weight excluding hydrogens is 230 g/mol. The van der Waals surface area contributed by atoms with Gasteiger partial charge in [-0.2, -0.15) is 13.2 Å². The Labute approximate surface area is 88.8 Å². The summed E-state index contributed by atoms with van der Waals surface area (Å²) in [4.78, 5) is 0. The molecule has 1 aromatic rings. The highest BCUT2D eigenvalue weighted by Crippen LogP contribution is 2.20. The fourth-order valence-electron chi connectivity index (χ4n) is 0.897. The van der Waals surface area contributed by atoms with Gasteiger partial charge in [-0.3, -0.25) is 0 Å². The van der Waals surface area contributed by atoms with E-state index in [-0.39, 0.29) is 11.4 Å². The van der Waals surface area contributed by atoms with Crippen LogP contribution in [-0.4, -0.2) is 19.6 Å². The van der Waals surface area contributed by atoms with Gasteiger partial charge < -0.3 is 15.2 Å². The van der Waals surface area contributed by atoms with Gasteiger partial charge in [-0.1, -0.05) is 0 Å². The Morgan fingerprint density at radius 2 is 1.94 bits per heavy atom. The van der Waals surface area contributed by atoms with Crippen LogP contribution in [0.15, 0.2) is 18.2 Å². The zero-order valence-electron chi connectivity index (χ0n) is 8.05. The third-order valence-electron chi connectivity index (χ3n) is 1.52. The Balaban J connectivity index is 2.38. The van der Waals surface area contributed by atoms with Crippen molar-refractivity contribution >= 4 is 5.69 Å². The van der Waals surface area contributed by atoms with Crippen LogP contribution < -0.4 is 10.5 Å². The average Bonchev–Trinajstić information content (AvgIpc) is 2.13. The summed E-state index contributed by atoms with van der Waals surface area (Å²) in [7, 11) is 0. The number of nitrogen functional groups attached to an aromatic ring is 1. The van der Waals surface area contributed by atoms with Crippen LogP contribution in [0.1, 0.15) is 0 Å². The van der Waals surface area contributed by atoms with Gasteiger partial charge in [0.1, 0.15) is 6.61 Å². The lowest BCUT2D eigenvalue weighted by Gasteiger charge is -2.09. The summed E-state index contributed by atoms with van der Waals surface area (Å²) < 4.78 is 56.7. The second-order valence-electron chi connectivity index (χ2n) is 2.92. The number of anilines is 1. The van der Waals surface area contributed by atoms with Gasteiger partial charge >= 0.3 is 6.18 Å². The van der Waals surface area contributed by atoms with E-state index in [2.05, 4.69) is 9.47 Å². The first-order valence-corrected chi connectivity index (χ1v) is 4.21. The molecule has 0 radical (unpaired) electrons. The van der Waals surface area contributed by atoms with Gasteiger partial charge in [0.25, 0.3) is 0 Å². The van der Waals surface area contributed by atoms with E-state index in [4.69, 9.17) is 5.73 Å². The molecule has 16 heavy (non-hydrogen) atoms. The van der Waals surface area contributed by atoms with E-state index >= 15 is 0 Å². The summed E-state index contributed by atoms with van der Waals surface area (Å²) in [5.41, 5.74) is 5.46. The molecule has 0 amide bonds. The van der Waals surface area contributed by atoms with Gasteiger partial charge in [-0.05, 0) is 12.1 Å². The molecule has 0 saturated carbocycles. The minimum Gasteiger partial charge on any atom is -0.464 e. The van der Waals surface area contributed by atoms with E-state index in [0.29, 0.717) is 0 Å². The van der Waals surface area contributed by atoms with E-state index in [1.54, 1.807) is 0 Å². The van der Waals surface area contributed by atoms with Gasteiger partial charge in [-0.15, -0.1) is 0 Å². The summed E-state index contributed by atoms with van der Waals surface area (Å²) in [5, 5.41) is 0. The summed E-state index contributed by atoms with van der Waals surface area (Å²) in [6.07, 6.45) is -4.43. The number of alkyl halides is 3. The first-order chi connectivity index (χ1) is 7.38. The van der Waals surface area contributed by atoms with E-state index in [9.17, 15) is 17.6 Å². The van der Waals surface area contributed by atoms with Crippen molar-refractivity contribution in [1.29, 1.82) is 0 Å². The number of rotatable bonds is 4. The highest BCUT2D eigenvalue weighted by molar-refractivity contribution is 5.42. The molecular formula is C9H9F4NO2. The van der Waals surface area contributed by atoms with E-state index < -0.39 is 25.4 Å². The zero-order chi connectivity index (χ0) is 12.2. The first kappa shape index (κ1) is 12.6. The number of benzene rings is 1. The van der Waals surface area contributed by atoms with Crippen molar-refractivity contribution in [2.75, 3.05) is 19.1 Å². The summed E-state index contributed by atoms with van der Waals surface area (Å²) in [6.45, 7) is -2.12. The van der Waals surface area contributed by atoms with E-state index in [1.165, 1.54) is 12.1 Å². The van der Waals surface area contributed by atoms with E-state index in [0.717, 1.165) is 6.07 Å². The molecule has 3 nitrogen and oxygen atoms in total. The van der Waals surface area contributed by atoms with Crippen LogP contribution in [0.3, 0.4) is 0 Å². The lowest BCUT2D eigenvalue weighted by molar-refractivity contribution is -0.187. The molecule has 0 bridgehead atoms. The van der Waals surface area contributed by atoms with Crippen molar-refractivity contribution in [2.45, 2.75) is 6.18 Å². The molecule has 7 heteroatoms. The normalized spacial score (nSPS) is 11.5. The van der Waals surface area contributed by atoms with Gasteiger partial charge in [0.15, 0.2) is 18.4 Å². The highest BCUT2D eigenvalue weighted by atomic mass is 19.4. The molecule has 0 aromatic heterocycles. The fourth-order valence-corrected chi connectivity index (χ4v) is 0.897. The molecule has 0 unspecified atom stereocenters.